The van der Waals surface area contributed by atoms with Gasteiger partial charge < -0.3 is 15.2 Å². The van der Waals surface area contributed by atoms with Crippen molar-refractivity contribution < 1.29 is 19.4 Å². The van der Waals surface area contributed by atoms with Crippen LogP contribution in [0.4, 0.5) is 0 Å². The number of benzene rings is 1. The fourth-order valence-corrected chi connectivity index (χ4v) is 2.76. The maximum Gasteiger partial charge on any atom is 0.345 e. The fourth-order valence-electron chi connectivity index (χ4n) is 1.98. The molecule has 122 valence electrons. The first-order valence-corrected chi connectivity index (χ1v) is 8.06. The largest absolute Gasteiger partial charge is 0.493 e. The molecule has 0 spiro atoms. The number of thiophene rings is 1. The Hall–Kier alpha value is -2.34. The summed E-state index contributed by atoms with van der Waals surface area (Å²) in [5.74, 6) is -0.280. The first kappa shape index (κ1) is 17.0. The van der Waals surface area contributed by atoms with Crippen molar-refractivity contribution in [2.75, 3.05) is 6.61 Å². The molecule has 6 heteroatoms. The highest BCUT2D eigenvalue weighted by molar-refractivity contribution is 7.13. The van der Waals surface area contributed by atoms with Gasteiger partial charge in [0.15, 0.2) is 0 Å². The number of carbonyl (C=O) groups excluding carboxylic acids is 1. The first-order chi connectivity index (χ1) is 11.0. The average Bonchev–Trinajstić information content (AvgIpc) is 2.98. The monoisotopic (exact) mass is 333 g/mol. The van der Waals surface area contributed by atoms with E-state index in [-0.39, 0.29) is 17.2 Å². The van der Waals surface area contributed by atoms with Gasteiger partial charge in [-0.3, -0.25) is 4.79 Å². The Bertz CT molecular complexity index is 708. The predicted octanol–water partition coefficient (Wildman–Crippen LogP) is 3.15. The van der Waals surface area contributed by atoms with E-state index in [0.717, 1.165) is 33.1 Å². The van der Waals surface area contributed by atoms with Gasteiger partial charge in [-0.15, -0.1) is 11.3 Å². The Morgan fingerprint density at radius 1 is 1.22 bits per heavy atom. The minimum absolute atomic E-state index is 0.124. The summed E-state index contributed by atoms with van der Waals surface area (Å²) < 4.78 is 5.64. The number of carboxylic acids is 1. The normalized spacial score (nSPS) is 10.3. The summed E-state index contributed by atoms with van der Waals surface area (Å²) in [6.07, 6.45) is 0.255. The molecule has 5 nitrogen and oxygen atoms in total. The lowest BCUT2D eigenvalue weighted by atomic mass is 10.1. The quantitative estimate of drug-likeness (QED) is 0.816. The van der Waals surface area contributed by atoms with E-state index in [9.17, 15) is 9.59 Å². The summed E-state index contributed by atoms with van der Waals surface area (Å²) in [7, 11) is 0. The lowest BCUT2D eigenvalue weighted by molar-refractivity contribution is -0.121. The van der Waals surface area contributed by atoms with E-state index in [4.69, 9.17) is 9.84 Å². The zero-order chi connectivity index (χ0) is 16.8. The summed E-state index contributed by atoms with van der Waals surface area (Å²) in [5, 5.41) is 11.6. The molecule has 0 unspecified atom stereocenters. The molecule has 0 bridgehead atoms. The van der Waals surface area contributed by atoms with Gasteiger partial charge in [0.2, 0.25) is 5.91 Å². The van der Waals surface area contributed by atoms with E-state index in [0.29, 0.717) is 13.2 Å². The van der Waals surface area contributed by atoms with Crippen molar-refractivity contribution in [3.8, 4) is 5.75 Å². The van der Waals surface area contributed by atoms with Gasteiger partial charge in [-0.05, 0) is 43.2 Å². The molecule has 1 heterocycles. The van der Waals surface area contributed by atoms with Crippen molar-refractivity contribution in [1.29, 1.82) is 0 Å². The summed E-state index contributed by atoms with van der Waals surface area (Å²) >= 11 is 1.16. The molecule has 1 aromatic heterocycles. The van der Waals surface area contributed by atoms with Gasteiger partial charge in [0.05, 0.1) is 19.6 Å². The molecule has 0 aliphatic carbocycles. The minimum atomic E-state index is -0.950. The Morgan fingerprint density at radius 2 is 2.00 bits per heavy atom. The topological polar surface area (TPSA) is 75.6 Å². The van der Waals surface area contributed by atoms with Gasteiger partial charge in [-0.2, -0.15) is 0 Å². The van der Waals surface area contributed by atoms with E-state index < -0.39 is 5.97 Å². The molecule has 0 saturated heterocycles. The number of rotatable bonds is 7. The number of amides is 1. The van der Waals surface area contributed by atoms with Gasteiger partial charge in [-0.1, -0.05) is 12.1 Å². The Kier molecular flexibility index (Phi) is 5.76. The molecule has 0 saturated carbocycles. The molecule has 23 heavy (non-hydrogen) atoms. The fraction of sp³-hybridized carbons (Fsp3) is 0.294. The molecule has 1 aromatic carbocycles. The number of carbonyl (C=O) groups is 2. The molecule has 2 aromatic rings. The third kappa shape index (κ3) is 5.10. The second kappa shape index (κ2) is 7.78. The van der Waals surface area contributed by atoms with Crippen LogP contribution in [-0.4, -0.2) is 23.6 Å². The summed E-state index contributed by atoms with van der Waals surface area (Å²) in [6, 6.07) is 9.20. The van der Waals surface area contributed by atoms with Crippen LogP contribution in [0.2, 0.25) is 0 Å². The van der Waals surface area contributed by atoms with Crippen LogP contribution in [0.3, 0.4) is 0 Å². The average molecular weight is 333 g/mol. The number of hydrogen-bond donors (Lipinski definition) is 2. The second-order valence-corrected chi connectivity index (χ2v) is 6.38. The highest BCUT2D eigenvalue weighted by atomic mass is 32.1. The van der Waals surface area contributed by atoms with E-state index in [1.807, 2.05) is 32.0 Å². The van der Waals surface area contributed by atoms with Crippen molar-refractivity contribution in [2.24, 2.45) is 0 Å². The number of carboxylic acid groups (broad SMARTS) is 1. The van der Waals surface area contributed by atoms with Crippen molar-refractivity contribution in [1.82, 2.24) is 5.32 Å². The zero-order valence-electron chi connectivity index (χ0n) is 13.1. The smallest absolute Gasteiger partial charge is 0.345 e. The van der Waals surface area contributed by atoms with Crippen molar-refractivity contribution >= 4 is 23.2 Å². The van der Waals surface area contributed by atoms with Crippen LogP contribution in [0, 0.1) is 13.8 Å². The summed E-state index contributed by atoms with van der Waals surface area (Å²) in [4.78, 5) is 23.7. The van der Waals surface area contributed by atoms with E-state index >= 15 is 0 Å². The van der Waals surface area contributed by atoms with E-state index in [1.165, 1.54) is 6.07 Å². The number of aryl methyl sites for hydroxylation is 2. The van der Waals surface area contributed by atoms with Crippen molar-refractivity contribution in [3.63, 3.8) is 0 Å². The Balaban J connectivity index is 1.74. The Labute approximate surface area is 138 Å². The Morgan fingerprint density at radius 3 is 2.70 bits per heavy atom. The van der Waals surface area contributed by atoms with Crippen molar-refractivity contribution in [2.45, 2.75) is 26.8 Å². The number of nitrogens with one attached hydrogen (secondary N) is 1. The third-order valence-corrected chi connectivity index (χ3v) is 4.34. The standard InChI is InChI=1S/C17H19NO4S/c1-11-3-4-12(2)14(9-11)22-8-7-16(19)18-10-13-5-6-15(23-13)17(20)21/h3-6,9H,7-8,10H2,1-2H3,(H,18,19)(H,20,21). The molecule has 1 amide bonds. The highest BCUT2D eigenvalue weighted by Gasteiger charge is 2.08. The lowest BCUT2D eigenvalue weighted by Gasteiger charge is -2.10. The van der Waals surface area contributed by atoms with E-state index in [2.05, 4.69) is 5.32 Å². The zero-order valence-corrected chi connectivity index (χ0v) is 13.9. The maximum atomic E-state index is 11.8. The summed E-state index contributed by atoms with van der Waals surface area (Å²) in [5.41, 5.74) is 2.15. The minimum Gasteiger partial charge on any atom is -0.493 e. The first-order valence-electron chi connectivity index (χ1n) is 7.24. The van der Waals surface area contributed by atoms with Crippen molar-refractivity contribution in [3.05, 3.63) is 51.2 Å². The van der Waals surface area contributed by atoms with Gasteiger partial charge in [0.25, 0.3) is 0 Å². The summed E-state index contributed by atoms with van der Waals surface area (Å²) in [6.45, 7) is 4.60. The van der Waals surface area contributed by atoms with E-state index in [1.54, 1.807) is 6.07 Å². The van der Waals surface area contributed by atoms with Crippen LogP contribution >= 0.6 is 11.3 Å². The molecule has 2 N–H and O–H groups in total. The van der Waals surface area contributed by atoms with Crippen LogP contribution in [0.15, 0.2) is 30.3 Å². The molecule has 0 atom stereocenters. The molecule has 2 rings (SSSR count). The van der Waals surface area contributed by atoms with Crippen LogP contribution in [-0.2, 0) is 11.3 Å². The second-order valence-electron chi connectivity index (χ2n) is 5.22. The predicted molar refractivity (Wildman–Crippen MR) is 89.2 cm³/mol. The number of ether oxygens (including phenoxy) is 1. The highest BCUT2D eigenvalue weighted by Crippen LogP contribution is 2.19. The van der Waals surface area contributed by atoms with Gasteiger partial charge >= 0.3 is 5.97 Å². The molecule has 0 fully saturated rings. The van der Waals surface area contributed by atoms with Crippen LogP contribution in [0.1, 0.15) is 32.1 Å². The molecule has 0 radical (unpaired) electrons. The number of hydrogen-bond acceptors (Lipinski definition) is 4. The molecular formula is C17H19NO4S. The molecular weight excluding hydrogens is 314 g/mol. The SMILES string of the molecule is Cc1ccc(C)c(OCCC(=O)NCc2ccc(C(=O)O)s2)c1. The lowest BCUT2D eigenvalue weighted by Crippen LogP contribution is -2.24. The molecule has 0 aliphatic rings. The van der Waals surface area contributed by atoms with Gasteiger partial charge in [-0.25, -0.2) is 4.79 Å². The van der Waals surface area contributed by atoms with Crippen LogP contribution < -0.4 is 10.1 Å². The van der Waals surface area contributed by atoms with Gasteiger partial charge in [0.1, 0.15) is 10.6 Å². The van der Waals surface area contributed by atoms with Crippen LogP contribution in [0.25, 0.3) is 0 Å². The number of aromatic carboxylic acids is 1. The van der Waals surface area contributed by atoms with Crippen LogP contribution in [0.5, 0.6) is 5.75 Å². The molecule has 0 aliphatic heterocycles. The van der Waals surface area contributed by atoms with Gasteiger partial charge in [0, 0.05) is 4.88 Å². The maximum absolute atomic E-state index is 11.8. The third-order valence-electron chi connectivity index (χ3n) is 3.26.